The molecule has 2 aromatic rings. The van der Waals surface area contributed by atoms with Gasteiger partial charge in [-0.1, -0.05) is 36.4 Å². The number of aliphatic hydroxyl groups excluding tert-OH is 1. The maximum atomic E-state index is 12.2. The highest BCUT2D eigenvalue weighted by Crippen LogP contribution is 2.20. The van der Waals surface area contributed by atoms with Crippen LogP contribution in [0.1, 0.15) is 22.8 Å². The van der Waals surface area contributed by atoms with Crippen LogP contribution < -0.4 is 10.8 Å². The summed E-state index contributed by atoms with van der Waals surface area (Å²) in [6.45, 7) is 1.32. The van der Waals surface area contributed by atoms with Crippen molar-refractivity contribution < 1.29 is 29.8 Å². The lowest BCUT2D eigenvalue weighted by molar-refractivity contribution is -0.136. The number of benzene rings is 2. The van der Waals surface area contributed by atoms with Crippen LogP contribution in [0.3, 0.4) is 0 Å². The number of carbonyl (C=O) groups excluding carboxylic acids is 2. The van der Waals surface area contributed by atoms with E-state index < -0.39 is 29.9 Å². The lowest BCUT2D eigenvalue weighted by Crippen LogP contribution is -2.51. The third-order valence-corrected chi connectivity index (χ3v) is 3.95. The van der Waals surface area contributed by atoms with Gasteiger partial charge in [0, 0.05) is 5.56 Å². The molecule has 0 fully saturated rings. The molecule has 8 nitrogen and oxygen atoms in total. The fraction of sp³-hybridized carbons (Fsp3) is 0.211. The maximum absolute atomic E-state index is 12.2. The highest BCUT2D eigenvalue weighted by atomic mass is 16.5. The third kappa shape index (κ3) is 5.37. The van der Waals surface area contributed by atoms with E-state index in [4.69, 9.17) is 10.3 Å². The van der Waals surface area contributed by atoms with Crippen LogP contribution in [0.15, 0.2) is 48.5 Å². The van der Waals surface area contributed by atoms with Gasteiger partial charge in [-0.05, 0) is 35.7 Å². The average Bonchev–Trinajstić information content (AvgIpc) is 2.65. The van der Waals surface area contributed by atoms with Gasteiger partial charge in [0.25, 0.3) is 11.8 Å². The molecule has 142 valence electrons. The predicted octanol–water partition coefficient (Wildman–Crippen LogP) is 0.965. The van der Waals surface area contributed by atoms with E-state index in [1.165, 1.54) is 12.4 Å². The molecule has 8 heteroatoms. The first-order valence-electron chi connectivity index (χ1n) is 8.16. The number of hydrogen-bond donors (Lipinski definition) is 5. The number of hydrogen-bond acceptors (Lipinski definition) is 5. The summed E-state index contributed by atoms with van der Waals surface area (Å²) in [6.07, 6.45) is -1.24. The van der Waals surface area contributed by atoms with Gasteiger partial charge in [-0.3, -0.25) is 19.6 Å². The van der Waals surface area contributed by atoms with Gasteiger partial charge in [0.1, 0.15) is 6.04 Å². The van der Waals surface area contributed by atoms with E-state index in [0.29, 0.717) is 5.56 Å². The minimum Gasteiger partial charge on any atom is -0.481 e. The highest BCUT2D eigenvalue weighted by molar-refractivity contribution is 5.97. The second-order valence-electron chi connectivity index (χ2n) is 6.01. The summed E-state index contributed by atoms with van der Waals surface area (Å²) in [6, 6.07) is 12.3. The monoisotopic (exact) mass is 372 g/mol. The second-order valence-corrected chi connectivity index (χ2v) is 6.01. The fourth-order valence-corrected chi connectivity index (χ4v) is 2.50. The number of hydroxylamine groups is 1. The van der Waals surface area contributed by atoms with E-state index in [1.807, 2.05) is 0 Å². The van der Waals surface area contributed by atoms with E-state index in [9.17, 15) is 19.5 Å². The molecule has 0 spiro atoms. The van der Waals surface area contributed by atoms with Crippen LogP contribution >= 0.6 is 0 Å². The van der Waals surface area contributed by atoms with Crippen LogP contribution in [0.5, 0.6) is 0 Å². The Morgan fingerprint density at radius 2 is 1.48 bits per heavy atom. The van der Waals surface area contributed by atoms with Crippen molar-refractivity contribution in [3.8, 4) is 11.1 Å². The molecule has 2 atom stereocenters. The molecule has 0 saturated heterocycles. The van der Waals surface area contributed by atoms with Gasteiger partial charge < -0.3 is 15.5 Å². The summed E-state index contributed by atoms with van der Waals surface area (Å²) in [4.78, 5) is 34.4. The number of amides is 2. The molecule has 5 N–H and O–H groups in total. The Kier molecular flexibility index (Phi) is 6.64. The zero-order chi connectivity index (χ0) is 20.0. The van der Waals surface area contributed by atoms with Crippen molar-refractivity contribution in [2.45, 2.75) is 25.5 Å². The molecule has 0 aliphatic rings. The van der Waals surface area contributed by atoms with Crippen molar-refractivity contribution in [2.24, 2.45) is 0 Å². The number of carboxylic acid groups (broad SMARTS) is 1. The molecule has 0 aromatic heterocycles. The van der Waals surface area contributed by atoms with Crippen LogP contribution in [0.25, 0.3) is 11.1 Å². The lowest BCUT2D eigenvalue weighted by Gasteiger charge is -2.19. The first kappa shape index (κ1) is 20.1. The van der Waals surface area contributed by atoms with E-state index in [1.54, 1.807) is 48.5 Å². The van der Waals surface area contributed by atoms with Crippen LogP contribution in [0.2, 0.25) is 0 Å². The Morgan fingerprint density at radius 3 is 1.93 bits per heavy atom. The normalized spacial score (nSPS) is 12.7. The molecule has 0 aliphatic carbocycles. The number of carboxylic acids is 1. The first-order valence-corrected chi connectivity index (χ1v) is 8.16. The Morgan fingerprint density at radius 1 is 0.963 bits per heavy atom. The zero-order valence-corrected chi connectivity index (χ0v) is 14.5. The van der Waals surface area contributed by atoms with E-state index in [2.05, 4.69) is 5.32 Å². The van der Waals surface area contributed by atoms with Gasteiger partial charge in [0.15, 0.2) is 0 Å². The summed E-state index contributed by atoms with van der Waals surface area (Å²) >= 11 is 0. The fourth-order valence-electron chi connectivity index (χ4n) is 2.50. The Hall–Kier alpha value is -3.23. The van der Waals surface area contributed by atoms with Crippen molar-refractivity contribution in [2.75, 3.05) is 0 Å². The van der Waals surface area contributed by atoms with E-state index in [0.717, 1.165) is 11.1 Å². The molecule has 2 amide bonds. The van der Waals surface area contributed by atoms with Gasteiger partial charge in [-0.2, -0.15) is 0 Å². The second kappa shape index (κ2) is 8.93. The quantitative estimate of drug-likeness (QED) is 0.363. The van der Waals surface area contributed by atoms with E-state index in [-0.39, 0.29) is 12.0 Å². The molecular weight excluding hydrogens is 352 g/mol. The molecule has 2 aromatic carbocycles. The third-order valence-electron chi connectivity index (χ3n) is 3.95. The summed E-state index contributed by atoms with van der Waals surface area (Å²) in [5.41, 5.74) is 4.05. The molecule has 0 aliphatic heterocycles. The van der Waals surface area contributed by atoms with Crippen molar-refractivity contribution in [1.82, 2.24) is 10.8 Å². The first-order chi connectivity index (χ1) is 12.8. The minimum absolute atomic E-state index is 0.0503. The van der Waals surface area contributed by atoms with Gasteiger partial charge in [-0.25, -0.2) is 5.48 Å². The standard InChI is InChI=1S/C19H20N2O6/c1-11(22)17(19(26)21-27)20-18(25)15-8-6-14(7-9-15)13-4-2-12(3-5-13)10-16(23)24/h2-9,11,17,22,27H,10H2,1H3,(H,20,25)(H,21,26)(H,23,24)/t11-,17+/m1/s1. The maximum Gasteiger partial charge on any atom is 0.307 e. The SMILES string of the molecule is C[C@@H](O)[C@H](NC(=O)c1ccc(-c2ccc(CC(=O)O)cc2)cc1)C(=O)NO. The molecule has 27 heavy (non-hydrogen) atoms. The minimum atomic E-state index is -1.29. The Bertz CT molecular complexity index is 815. The summed E-state index contributed by atoms with van der Waals surface area (Å²) in [5.74, 6) is -2.40. The topological polar surface area (TPSA) is 136 Å². The van der Waals surface area contributed by atoms with E-state index >= 15 is 0 Å². The van der Waals surface area contributed by atoms with Crippen molar-refractivity contribution in [3.05, 3.63) is 59.7 Å². The zero-order valence-electron chi connectivity index (χ0n) is 14.5. The highest BCUT2D eigenvalue weighted by Gasteiger charge is 2.25. The molecule has 2 rings (SSSR count). The van der Waals surface area contributed by atoms with Crippen LogP contribution in [-0.2, 0) is 16.0 Å². The summed E-state index contributed by atoms with van der Waals surface area (Å²) < 4.78 is 0. The smallest absolute Gasteiger partial charge is 0.307 e. The van der Waals surface area contributed by atoms with Crippen molar-refractivity contribution >= 4 is 17.8 Å². The van der Waals surface area contributed by atoms with Gasteiger partial charge in [0.05, 0.1) is 12.5 Å². The number of aliphatic carboxylic acids is 1. The van der Waals surface area contributed by atoms with Crippen LogP contribution in [-0.4, -0.2) is 45.3 Å². The number of aliphatic hydroxyl groups is 1. The summed E-state index contributed by atoms with van der Waals surface area (Å²) in [7, 11) is 0. The molecule has 0 unspecified atom stereocenters. The largest absolute Gasteiger partial charge is 0.481 e. The Labute approximate surface area is 155 Å². The predicted molar refractivity (Wildman–Crippen MR) is 96.1 cm³/mol. The van der Waals surface area contributed by atoms with Gasteiger partial charge in [0.2, 0.25) is 0 Å². The molecular formula is C19H20N2O6. The Balaban J connectivity index is 2.11. The van der Waals surface area contributed by atoms with Crippen LogP contribution in [0.4, 0.5) is 0 Å². The molecule has 0 radical (unpaired) electrons. The lowest BCUT2D eigenvalue weighted by atomic mass is 10.0. The van der Waals surface area contributed by atoms with Crippen LogP contribution in [0, 0.1) is 0 Å². The number of nitrogens with one attached hydrogen (secondary N) is 2. The summed E-state index contributed by atoms with van der Waals surface area (Å²) in [5, 5.41) is 29.4. The molecule has 0 bridgehead atoms. The van der Waals surface area contributed by atoms with Gasteiger partial charge >= 0.3 is 5.97 Å². The van der Waals surface area contributed by atoms with Gasteiger partial charge in [-0.15, -0.1) is 0 Å². The number of carbonyl (C=O) groups is 3. The van der Waals surface area contributed by atoms with Crippen molar-refractivity contribution in [1.29, 1.82) is 0 Å². The van der Waals surface area contributed by atoms with Crippen molar-refractivity contribution in [3.63, 3.8) is 0 Å². The molecule has 0 saturated carbocycles. The average molecular weight is 372 g/mol. The number of rotatable bonds is 7. The molecule has 0 heterocycles.